The predicted octanol–water partition coefficient (Wildman–Crippen LogP) is 2.61. The van der Waals surface area contributed by atoms with Crippen LogP contribution in [-0.2, 0) is 0 Å². The van der Waals surface area contributed by atoms with Gasteiger partial charge in [-0.25, -0.2) is 4.39 Å². The van der Waals surface area contributed by atoms with Crippen LogP contribution in [0.15, 0.2) is 36.4 Å². The molecule has 2 aromatic rings. The van der Waals surface area contributed by atoms with Gasteiger partial charge in [0.1, 0.15) is 23.4 Å². The Morgan fingerprint density at radius 3 is 2.62 bits per heavy atom. The number of aliphatic hydroxyl groups is 1. The topological polar surface area (TPSA) is 67.8 Å². The maximum absolute atomic E-state index is 13.3. The van der Waals surface area contributed by atoms with Crippen LogP contribution in [0.5, 0.6) is 11.5 Å². The third kappa shape index (κ3) is 4.02. The van der Waals surface area contributed by atoms with Crippen LogP contribution in [0.25, 0.3) is 0 Å². The van der Waals surface area contributed by atoms with Crippen LogP contribution in [0.2, 0.25) is 0 Å². The van der Waals surface area contributed by atoms with Gasteiger partial charge in [-0.2, -0.15) is 0 Å². The van der Waals surface area contributed by atoms with Crippen molar-refractivity contribution in [3.05, 3.63) is 58.9 Å². The van der Waals surface area contributed by atoms with Gasteiger partial charge in [0, 0.05) is 17.7 Å². The van der Waals surface area contributed by atoms with Gasteiger partial charge < -0.3 is 19.9 Å². The number of carbonyl (C=O) groups is 1. The number of carbonyl (C=O) groups excluding carboxylic acids is 1. The molecule has 0 radical (unpaired) electrons. The zero-order chi connectivity index (χ0) is 17.7. The van der Waals surface area contributed by atoms with Gasteiger partial charge in [0.25, 0.3) is 5.91 Å². The summed E-state index contributed by atoms with van der Waals surface area (Å²) in [7, 11) is 3.01. The van der Waals surface area contributed by atoms with E-state index in [1.54, 1.807) is 25.1 Å². The number of ether oxygens (including phenoxy) is 2. The van der Waals surface area contributed by atoms with E-state index in [0.29, 0.717) is 22.6 Å². The second kappa shape index (κ2) is 7.79. The Labute approximate surface area is 140 Å². The van der Waals surface area contributed by atoms with Gasteiger partial charge in [0.2, 0.25) is 0 Å². The molecule has 2 N–H and O–H groups in total. The van der Waals surface area contributed by atoms with Crippen molar-refractivity contribution < 1.29 is 23.8 Å². The van der Waals surface area contributed by atoms with E-state index in [9.17, 15) is 14.3 Å². The maximum Gasteiger partial charge on any atom is 0.251 e. The van der Waals surface area contributed by atoms with E-state index < -0.39 is 17.8 Å². The zero-order valence-corrected chi connectivity index (χ0v) is 13.8. The monoisotopic (exact) mass is 333 g/mol. The molecule has 24 heavy (non-hydrogen) atoms. The predicted molar refractivity (Wildman–Crippen MR) is 88.0 cm³/mol. The minimum Gasteiger partial charge on any atom is -0.497 e. The molecule has 0 fully saturated rings. The molecule has 0 saturated heterocycles. The van der Waals surface area contributed by atoms with E-state index in [4.69, 9.17) is 9.47 Å². The van der Waals surface area contributed by atoms with Crippen molar-refractivity contribution in [2.45, 2.75) is 13.0 Å². The molecule has 0 aliphatic rings. The lowest BCUT2D eigenvalue weighted by Gasteiger charge is -2.17. The number of halogens is 1. The van der Waals surface area contributed by atoms with Gasteiger partial charge in [0.15, 0.2) is 0 Å². The lowest BCUT2D eigenvalue weighted by atomic mass is 10.1. The fourth-order valence-electron chi connectivity index (χ4n) is 2.33. The number of aliphatic hydroxyl groups excluding tert-OH is 1. The number of nitrogens with one attached hydrogen (secondary N) is 1. The number of hydrogen-bond acceptors (Lipinski definition) is 4. The van der Waals surface area contributed by atoms with Gasteiger partial charge in [-0.05, 0) is 42.8 Å². The molecule has 0 aliphatic carbocycles. The standard InChI is InChI=1S/C18H20FNO4/c1-11-4-5-12(19)8-14(11)18(22)20-10-16(21)15-9-13(23-2)6-7-17(15)24-3/h4-9,16,21H,10H2,1-3H3,(H,20,22). The summed E-state index contributed by atoms with van der Waals surface area (Å²) in [5, 5.41) is 12.9. The Morgan fingerprint density at radius 1 is 1.21 bits per heavy atom. The molecule has 1 amide bonds. The summed E-state index contributed by atoms with van der Waals surface area (Å²) in [6.07, 6.45) is -0.993. The number of rotatable bonds is 6. The summed E-state index contributed by atoms with van der Waals surface area (Å²) in [5.74, 6) is 0.116. The second-order valence-corrected chi connectivity index (χ2v) is 5.29. The highest BCUT2D eigenvalue weighted by Crippen LogP contribution is 2.29. The van der Waals surface area contributed by atoms with Crippen molar-refractivity contribution in [2.75, 3.05) is 20.8 Å². The van der Waals surface area contributed by atoms with Crippen molar-refractivity contribution in [1.29, 1.82) is 0 Å². The molecular formula is C18H20FNO4. The van der Waals surface area contributed by atoms with E-state index in [2.05, 4.69) is 5.32 Å². The normalized spacial score (nSPS) is 11.7. The molecule has 0 aliphatic heterocycles. The van der Waals surface area contributed by atoms with Gasteiger partial charge in [-0.3, -0.25) is 4.79 Å². The Kier molecular flexibility index (Phi) is 5.76. The molecule has 0 aromatic heterocycles. The number of methoxy groups -OCH3 is 2. The molecule has 1 atom stereocenters. The van der Waals surface area contributed by atoms with E-state index >= 15 is 0 Å². The Hall–Kier alpha value is -2.60. The van der Waals surface area contributed by atoms with Crippen LogP contribution in [0.4, 0.5) is 4.39 Å². The smallest absolute Gasteiger partial charge is 0.251 e. The largest absolute Gasteiger partial charge is 0.497 e. The molecule has 5 nitrogen and oxygen atoms in total. The van der Waals surface area contributed by atoms with Gasteiger partial charge >= 0.3 is 0 Å². The van der Waals surface area contributed by atoms with Gasteiger partial charge in [0.05, 0.1) is 14.2 Å². The molecular weight excluding hydrogens is 313 g/mol. The van der Waals surface area contributed by atoms with Crippen LogP contribution in [-0.4, -0.2) is 31.8 Å². The average Bonchev–Trinajstić information content (AvgIpc) is 2.60. The fourth-order valence-corrected chi connectivity index (χ4v) is 2.33. The first kappa shape index (κ1) is 17.7. The summed E-state index contributed by atoms with van der Waals surface area (Å²) in [6.45, 7) is 1.67. The molecule has 0 heterocycles. The third-order valence-electron chi connectivity index (χ3n) is 3.70. The number of benzene rings is 2. The van der Waals surface area contributed by atoms with E-state index in [0.717, 1.165) is 0 Å². The maximum atomic E-state index is 13.3. The van der Waals surface area contributed by atoms with E-state index in [1.165, 1.54) is 32.4 Å². The Bertz CT molecular complexity index is 733. The highest BCUT2D eigenvalue weighted by Gasteiger charge is 2.17. The van der Waals surface area contributed by atoms with Crippen LogP contribution in [0.3, 0.4) is 0 Å². The Morgan fingerprint density at radius 2 is 1.96 bits per heavy atom. The number of aryl methyl sites for hydroxylation is 1. The minimum atomic E-state index is -0.993. The molecule has 0 saturated carbocycles. The summed E-state index contributed by atoms with van der Waals surface area (Å²) >= 11 is 0. The molecule has 6 heteroatoms. The number of hydrogen-bond donors (Lipinski definition) is 2. The second-order valence-electron chi connectivity index (χ2n) is 5.29. The number of amides is 1. The van der Waals surface area contributed by atoms with Crippen molar-refractivity contribution in [2.24, 2.45) is 0 Å². The van der Waals surface area contributed by atoms with Crippen molar-refractivity contribution >= 4 is 5.91 Å². The fraction of sp³-hybridized carbons (Fsp3) is 0.278. The molecule has 2 aromatic carbocycles. The van der Waals surface area contributed by atoms with Crippen LogP contribution < -0.4 is 14.8 Å². The zero-order valence-electron chi connectivity index (χ0n) is 13.8. The van der Waals surface area contributed by atoms with Crippen molar-refractivity contribution in [3.63, 3.8) is 0 Å². The van der Waals surface area contributed by atoms with Crippen LogP contribution in [0.1, 0.15) is 27.6 Å². The van der Waals surface area contributed by atoms with Gasteiger partial charge in [-0.15, -0.1) is 0 Å². The average molecular weight is 333 g/mol. The van der Waals surface area contributed by atoms with E-state index in [-0.39, 0.29) is 12.1 Å². The lowest BCUT2D eigenvalue weighted by molar-refractivity contribution is 0.0913. The van der Waals surface area contributed by atoms with Crippen LogP contribution in [0, 0.1) is 12.7 Å². The quantitative estimate of drug-likeness (QED) is 0.853. The van der Waals surface area contributed by atoms with E-state index in [1.807, 2.05) is 0 Å². The first-order chi connectivity index (χ1) is 11.5. The summed E-state index contributed by atoms with van der Waals surface area (Å²) in [4.78, 5) is 12.2. The highest BCUT2D eigenvalue weighted by atomic mass is 19.1. The molecule has 128 valence electrons. The SMILES string of the molecule is COc1ccc(OC)c(C(O)CNC(=O)c2cc(F)ccc2C)c1. The summed E-state index contributed by atoms with van der Waals surface area (Å²) in [6, 6.07) is 9.03. The minimum absolute atomic E-state index is 0.0433. The summed E-state index contributed by atoms with van der Waals surface area (Å²) in [5.41, 5.74) is 1.38. The van der Waals surface area contributed by atoms with Crippen molar-refractivity contribution in [1.82, 2.24) is 5.32 Å². The third-order valence-corrected chi connectivity index (χ3v) is 3.70. The summed E-state index contributed by atoms with van der Waals surface area (Å²) < 4.78 is 23.6. The lowest BCUT2D eigenvalue weighted by Crippen LogP contribution is -2.29. The molecule has 0 bridgehead atoms. The first-order valence-electron chi connectivity index (χ1n) is 7.40. The molecule has 1 unspecified atom stereocenters. The van der Waals surface area contributed by atoms with Gasteiger partial charge in [-0.1, -0.05) is 6.07 Å². The molecule has 0 spiro atoms. The highest BCUT2D eigenvalue weighted by molar-refractivity contribution is 5.95. The van der Waals surface area contributed by atoms with Crippen molar-refractivity contribution in [3.8, 4) is 11.5 Å². The van der Waals surface area contributed by atoms with Crippen LogP contribution >= 0.6 is 0 Å². The first-order valence-corrected chi connectivity index (χ1v) is 7.40. The Balaban J connectivity index is 2.11. The molecule has 2 rings (SSSR count).